The number of nitrogens with zero attached hydrogens (tertiary/aromatic N) is 1. The monoisotopic (exact) mass is 260 g/mol. The van der Waals surface area contributed by atoms with Crippen molar-refractivity contribution in [3.63, 3.8) is 0 Å². The number of carbonyl (C=O) groups is 2. The summed E-state index contributed by atoms with van der Waals surface area (Å²) in [4.78, 5) is 25.7. The van der Waals surface area contributed by atoms with Gasteiger partial charge in [-0.25, -0.2) is 4.79 Å². The molecule has 1 aliphatic rings. The summed E-state index contributed by atoms with van der Waals surface area (Å²) < 4.78 is 0. The second-order valence-corrected chi connectivity index (χ2v) is 5.07. The molecule has 0 aromatic heterocycles. The lowest BCUT2D eigenvalue weighted by molar-refractivity contribution is -0.127. The molecule has 3 amide bonds. The predicted octanol–water partition coefficient (Wildman–Crippen LogP) is 2.61. The second kappa shape index (κ2) is 5.03. The molecule has 1 N–H and O–H groups in total. The third-order valence-electron chi connectivity index (χ3n) is 4.04. The van der Waals surface area contributed by atoms with Crippen LogP contribution in [0.4, 0.5) is 4.79 Å². The quantitative estimate of drug-likeness (QED) is 0.846. The van der Waals surface area contributed by atoms with Crippen molar-refractivity contribution in [2.45, 2.75) is 45.7 Å². The van der Waals surface area contributed by atoms with E-state index in [0.29, 0.717) is 19.4 Å². The standard InChI is InChI=1S/C15H20N2O2/c1-4-15(5-2)13(18)16-14(19)17(15)10-12-8-6-11(3)7-9-12/h6-9H,4-5,10H2,1-3H3,(H,16,18,19). The van der Waals surface area contributed by atoms with E-state index in [4.69, 9.17) is 0 Å². The van der Waals surface area contributed by atoms with Crippen molar-refractivity contribution in [2.24, 2.45) is 0 Å². The maximum absolute atomic E-state index is 12.0. The third-order valence-corrected chi connectivity index (χ3v) is 4.04. The number of aryl methyl sites for hydroxylation is 1. The number of hydrogen-bond donors (Lipinski definition) is 1. The molecule has 1 fully saturated rings. The van der Waals surface area contributed by atoms with Crippen LogP contribution in [0.1, 0.15) is 37.8 Å². The molecule has 0 spiro atoms. The Morgan fingerprint density at radius 3 is 2.21 bits per heavy atom. The molecule has 1 aliphatic heterocycles. The zero-order valence-corrected chi connectivity index (χ0v) is 11.7. The lowest BCUT2D eigenvalue weighted by Gasteiger charge is -2.33. The van der Waals surface area contributed by atoms with Gasteiger partial charge < -0.3 is 4.90 Å². The number of imide groups is 1. The smallest absolute Gasteiger partial charge is 0.305 e. The van der Waals surface area contributed by atoms with Crippen molar-refractivity contribution in [3.8, 4) is 0 Å². The number of hydrogen-bond acceptors (Lipinski definition) is 2. The summed E-state index contributed by atoms with van der Waals surface area (Å²) in [6.07, 6.45) is 1.26. The molecule has 2 rings (SSSR count). The topological polar surface area (TPSA) is 49.4 Å². The average molecular weight is 260 g/mol. The first-order valence-electron chi connectivity index (χ1n) is 6.72. The fourth-order valence-electron chi connectivity index (χ4n) is 2.65. The summed E-state index contributed by atoms with van der Waals surface area (Å²) in [6, 6.07) is 7.76. The highest BCUT2D eigenvalue weighted by Gasteiger charge is 2.49. The minimum Gasteiger partial charge on any atom is -0.305 e. The molecule has 102 valence electrons. The first-order chi connectivity index (χ1) is 9.03. The highest BCUT2D eigenvalue weighted by molar-refractivity contribution is 6.06. The SMILES string of the molecule is CCC1(CC)C(=O)NC(=O)N1Cc1ccc(C)cc1. The van der Waals surface area contributed by atoms with Crippen molar-refractivity contribution in [1.82, 2.24) is 10.2 Å². The Hall–Kier alpha value is -1.84. The van der Waals surface area contributed by atoms with Gasteiger partial charge in [-0.2, -0.15) is 0 Å². The van der Waals surface area contributed by atoms with E-state index in [1.54, 1.807) is 4.90 Å². The van der Waals surface area contributed by atoms with Gasteiger partial charge in [-0.3, -0.25) is 10.1 Å². The van der Waals surface area contributed by atoms with Crippen LogP contribution in [-0.2, 0) is 11.3 Å². The van der Waals surface area contributed by atoms with Crippen molar-refractivity contribution in [3.05, 3.63) is 35.4 Å². The molecule has 1 saturated heterocycles. The Morgan fingerprint density at radius 1 is 1.11 bits per heavy atom. The van der Waals surface area contributed by atoms with Gasteiger partial charge in [-0.05, 0) is 25.3 Å². The van der Waals surface area contributed by atoms with Gasteiger partial charge in [0.1, 0.15) is 5.54 Å². The summed E-state index contributed by atoms with van der Waals surface area (Å²) in [7, 11) is 0. The summed E-state index contributed by atoms with van der Waals surface area (Å²) >= 11 is 0. The minimum atomic E-state index is -0.692. The van der Waals surface area contributed by atoms with Gasteiger partial charge in [0.15, 0.2) is 0 Å². The van der Waals surface area contributed by atoms with Crippen molar-refractivity contribution >= 4 is 11.9 Å². The number of carbonyl (C=O) groups excluding carboxylic acids is 2. The van der Waals surface area contributed by atoms with Gasteiger partial charge >= 0.3 is 6.03 Å². The maximum atomic E-state index is 12.0. The normalized spacial score (nSPS) is 17.7. The summed E-state index contributed by atoms with van der Waals surface area (Å²) in [6.45, 7) is 6.39. The molecule has 4 heteroatoms. The zero-order chi connectivity index (χ0) is 14.0. The van der Waals surface area contributed by atoms with Gasteiger partial charge in [0, 0.05) is 6.54 Å². The Kier molecular flexibility index (Phi) is 3.60. The number of nitrogens with one attached hydrogen (secondary N) is 1. The van der Waals surface area contributed by atoms with E-state index in [-0.39, 0.29) is 11.9 Å². The maximum Gasteiger partial charge on any atom is 0.325 e. The molecule has 0 saturated carbocycles. The number of benzene rings is 1. The Morgan fingerprint density at radius 2 is 1.68 bits per heavy atom. The molecule has 0 aliphatic carbocycles. The minimum absolute atomic E-state index is 0.172. The molecule has 1 heterocycles. The molecule has 1 aromatic rings. The largest absolute Gasteiger partial charge is 0.325 e. The lowest BCUT2D eigenvalue weighted by Crippen LogP contribution is -2.48. The molecule has 0 bridgehead atoms. The summed E-state index contributed by atoms with van der Waals surface area (Å²) in [5, 5.41) is 2.44. The van der Waals surface area contributed by atoms with Gasteiger partial charge in [0.2, 0.25) is 0 Å². The Bertz CT molecular complexity index is 489. The second-order valence-electron chi connectivity index (χ2n) is 5.07. The van der Waals surface area contributed by atoms with E-state index in [1.807, 2.05) is 45.0 Å². The van der Waals surface area contributed by atoms with Crippen LogP contribution in [0.3, 0.4) is 0 Å². The predicted molar refractivity (Wildman–Crippen MR) is 73.6 cm³/mol. The molecule has 0 unspecified atom stereocenters. The van der Waals surface area contributed by atoms with Crippen LogP contribution in [0.2, 0.25) is 0 Å². The van der Waals surface area contributed by atoms with Crippen LogP contribution in [0, 0.1) is 6.92 Å². The van der Waals surface area contributed by atoms with E-state index < -0.39 is 5.54 Å². The van der Waals surface area contributed by atoms with Crippen molar-refractivity contribution in [2.75, 3.05) is 0 Å². The van der Waals surface area contributed by atoms with Crippen molar-refractivity contribution in [1.29, 1.82) is 0 Å². The molecule has 0 radical (unpaired) electrons. The van der Waals surface area contributed by atoms with Crippen molar-refractivity contribution < 1.29 is 9.59 Å². The lowest BCUT2D eigenvalue weighted by atomic mass is 9.91. The van der Waals surface area contributed by atoms with Gasteiger partial charge in [-0.1, -0.05) is 43.7 Å². The molecular weight excluding hydrogens is 240 g/mol. The molecule has 4 nitrogen and oxygen atoms in total. The van der Waals surface area contributed by atoms with E-state index >= 15 is 0 Å². The van der Waals surface area contributed by atoms with E-state index in [9.17, 15) is 9.59 Å². The Balaban J connectivity index is 2.28. The van der Waals surface area contributed by atoms with E-state index in [0.717, 1.165) is 5.56 Å². The van der Waals surface area contributed by atoms with Crippen LogP contribution in [0.25, 0.3) is 0 Å². The highest BCUT2D eigenvalue weighted by Crippen LogP contribution is 2.30. The average Bonchev–Trinajstić information content (AvgIpc) is 2.64. The van der Waals surface area contributed by atoms with Crippen LogP contribution >= 0.6 is 0 Å². The highest BCUT2D eigenvalue weighted by atomic mass is 16.2. The van der Waals surface area contributed by atoms with Gasteiger partial charge in [0.25, 0.3) is 5.91 Å². The fourth-order valence-corrected chi connectivity index (χ4v) is 2.65. The zero-order valence-electron chi connectivity index (χ0n) is 11.7. The number of amides is 3. The van der Waals surface area contributed by atoms with Crippen LogP contribution in [-0.4, -0.2) is 22.4 Å². The number of rotatable bonds is 4. The van der Waals surface area contributed by atoms with Crippen LogP contribution in [0.15, 0.2) is 24.3 Å². The molecule has 1 aromatic carbocycles. The first-order valence-corrected chi connectivity index (χ1v) is 6.72. The van der Waals surface area contributed by atoms with Crippen LogP contribution < -0.4 is 5.32 Å². The Labute approximate surface area is 113 Å². The van der Waals surface area contributed by atoms with Gasteiger partial charge in [0.05, 0.1) is 0 Å². The summed E-state index contributed by atoms with van der Waals surface area (Å²) in [5.41, 5.74) is 1.53. The van der Waals surface area contributed by atoms with E-state index in [1.165, 1.54) is 5.56 Å². The van der Waals surface area contributed by atoms with Gasteiger partial charge in [-0.15, -0.1) is 0 Å². The molecule has 0 atom stereocenters. The molecule has 19 heavy (non-hydrogen) atoms. The van der Waals surface area contributed by atoms with E-state index in [2.05, 4.69) is 5.32 Å². The fraction of sp³-hybridized carbons (Fsp3) is 0.467. The molecular formula is C15H20N2O2. The third kappa shape index (κ3) is 2.23. The number of urea groups is 1. The first kappa shape index (κ1) is 13.6. The van der Waals surface area contributed by atoms with Crippen LogP contribution in [0.5, 0.6) is 0 Å². The summed E-state index contributed by atoms with van der Waals surface area (Å²) in [5.74, 6) is -0.172.